The molecule has 0 heterocycles. The average molecular weight is 659 g/mol. The second-order valence-corrected chi connectivity index (χ2v) is 16.8. The van der Waals surface area contributed by atoms with Gasteiger partial charge in [-0.25, -0.2) is 0 Å². The van der Waals surface area contributed by atoms with Crippen LogP contribution >= 0.6 is 0 Å². The molecule has 0 spiro atoms. The third-order valence-corrected chi connectivity index (χ3v) is 14.6. The van der Waals surface area contributed by atoms with Crippen molar-refractivity contribution in [3.05, 3.63) is 11.6 Å². The molecule has 9 heteroatoms. The number of rotatable bonds is 7. The molecule has 0 aromatic carbocycles. The smallest absolute Gasteiger partial charge is 0.314 e. The summed E-state index contributed by atoms with van der Waals surface area (Å²) in [7, 11) is 1.55. The summed E-state index contributed by atoms with van der Waals surface area (Å²) in [6.45, 7) is 18.1. The minimum absolute atomic E-state index is 0.0307. The van der Waals surface area contributed by atoms with Gasteiger partial charge in [0.1, 0.15) is 18.8 Å². The highest BCUT2D eigenvalue weighted by Gasteiger charge is 2.72. The molecular weight excluding hydrogens is 600 g/mol. The highest BCUT2D eigenvalue weighted by atomic mass is 16.7. The van der Waals surface area contributed by atoms with Crippen LogP contribution in [0.4, 0.5) is 0 Å². The van der Waals surface area contributed by atoms with Crippen LogP contribution in [0.3, 0.4) is 0 Å². The van der Waals surface area contributed by atoms with Gasteiger partial charge in [0.15, 0.2) is 6.79 Å². The van der Waals surface area contributed by atoms with E-state index in [-0.39, 0.29) is 53.4 Å². The number of esters is 4. The SMILES string of the molecule is COCOC(=O)[C@]12CC[C@@H](C)[C@H](C)C1C1=CCC3[C@@]4(C)C[C@@H](OC(C)=O)[C@H](OC(C)=O)[C@@](C)(COC(C)=O)C4CC[C@@]3(C)[C@]1(C)CC2. The number of ether oxygens (including phenoxy) is 5. The Morgan fingerprint density at radius 1 is 0.830 bits per heavy atom. The molecule has 12 atom stereocenters. The Labute approximate surface area is 281 Å². The van der Waals surface area contributed by atoms with Crippen LogP contribution in [0.2, 0.25) is 0 Å². The standard InChI is InChI=1S/C38H58O9/c1-22-13-16-38(33(42)45-21-43-10)18-17-36(8)27(31(38)23(22)2)11-12-30-34(6)19-28(46-25(4)40)32(47-26(5)41)35(7,20-44-24(3)39)29(34)14-15-37(30,36)9/h11,22-23,28-32H,12-21H2,1-10H3/t22-,23+,28-,29?,30?,31?,32+,34+,35+,36-,37-,38+/m1/s1. The van der Waals surface area contributed by atoms with Crippen LogP contribution in [0.5, 0.6) is 0 Å². The topological polar surface area (TPSA) is 114 Å². The van der Waals surface area contributed by atoms with Gasteiger partial charge in [0.25, 0.3) is 0 Å². The van der Waals surface area contributed by atoms with Gasteiger partial charge >= 0.3 is 23.9 Å². The van der Waals surface area contributed by atoms with E-state index in [9.17, 15) is 19.2 Å². The molecule has 3 unspecified atom stereocenters. The molecule has 0 radical (unpaired) electrons. The number of allylic oxidation sites excluding steroid dienone is 2. The van der Waals surface area contributed by atoms with Gasteiger partial charge in [0.05, 0.1) is 5.41 Å². The molecule has 47 heavy (non-hydrogen) atoms. The normalized spacial score (nSPS) is 45.5. The van der Waals surface area contributed by atoms with E-state index in [1.165, 1.54) is 26.3 Å². The minimum atomic E-state index is -0.767. The minimum Gasteiger partial charge on any atom is -0.465 e. The fraction of sp³-hybridized carbons (Fsp3) is 0.842. The van der Waals surface area contributed by atoms with Crippen molar-refractivity contribution < 1.29 is 42.9 Å². The first-order valence-electron chi connectivity index (χ1n) is 17.8. The monoisotopic (exact) mass is 658 g/mol. The average Bonchev–Trinajstić information content (AvgIpc) is 2.98. The lowest BCUT2D eigenvalue weighted by Crippen LogP contribution is -2.69. The molecule has 0 aromatic heterocycles. The zero-order chi connectivity index (χ0) is 34.7. The van der Waals surface area contributed by atoms with E-state index >= 15 is 0 Å². The molecule has 4 fully saturated rings. The van der Waals surface area contributed by atoms with E-state index in [4.69, 9.17) is 23.7 Å². The van der Waals surface area contributed by atoms with Crippen molar-refractivity contribution >= 4 is 23.9 Å². The third-order valence-electron chi connectivity index (χ3n) is 14.6. The Bertz CT molecular complexity index is 1310. The van der Waals surface area contributed by atoms with Crippen LogP contribution < -0.4 is 0 Å². The molecule has 5 rings (SSSR count). The van der Waals surface area contributed by atoms with Gasteiger partial charge in [-0.05, 0) is 97.2 Å². The van der Waals surface area contributed by atoms with Gasteiger partial charge in [-0.15, -0.1) is 0 Å². The van der Waals surface area contributed by atoms with E-state index in [1.54, 1.807) is 7.11 Å². The van der Waals surface area contributed by atoms with Crippen LogP contribution in [-0.2, 0) is 42.9 Å². The Morgan fingerprint density at radius 2 is 1.51 bits per heavy atom. The Hall–Kier alpha value is -2.42. The lowest BCUT2D eigenvalue weighted by atomic mass is 9.33. The predicted octanol–water partition coefficient (Wildman–Crippen LogP) is 6.81. The maximum Gasteiger partial charge on any atom is 0.314 e. The fourth-order valence-electron chi connectivity index (χ4n) is 12.1. The number of methoxy groups -OCH3 is 1. The molecule has 5 aliphatic rings. The Kier molecular flexibility index (Phi) is 9.52. The summed E-state index contributed by atoms with van der Waals surface area (Å²) < 4.78 is 28.6. The zero-order valence-electron chi connectivity index (χ0n) is 30.4. The number of carbonyl (C=O) groups excluding carboxylic acids is 4. The van der Waals surface area contributed by atoms with Crippen molar-refractivity contribution in [2.24, 2.45) is 56.7 Å². The first-order valence-corrected chi connectivity index (χ1v) is 17.8. The molecule has 0 N–H and O–H groups in total. The first-order chi connectivity index (χ1) is 21.9. The van der Waals surface area contributed by atoms with Crippen molar-refractivity contribution in [3.63, 3.8) is 0 Å². The zero-order valence-corrected chi connectivity index (χ0v) is 30.4. The van der Waals surface area contributed by atoms with Crippen molar-refractivity contribution in [1.82, 2.24) is 0 Å². The second kappa shape index (κ2) is 12.5. The predicted molar refractivity (Wildman–Crippen MR) is 174 cm³/mol. The number of hydrogen-bond donors (Lipinski definition) is 0. The van der Waals surface area contributed by atoms with Gasteiger partial charge in [-0.1, -0.05) is 53.2 Å². The van der Waals surface area contributed by atoms with Crippen molar-refractivity contribution in [2.75, 3.05) is 20.5 Å². The molecule has 5 aliphatic carbocycles. The molecule has 0 amide bonds. The van der Waals surface area contributed by atoms with Crippen LogP contribution in [-0.4, -0.2) is 56.6 Å². The number of hydrogen-bond acceptors (Lipinski definition) is 9. The highest BCUT2D eigenvalue weighted by Crippen LogP contribution is 2.76. The third kappa shape index (κ3) is 5.45. The van der Waals surface area contributed by atoms with Gasteiger partial charge in [0.2, 0.25) is 0 Å². The lowest BCUT2D eigenvalue weighted by molar-refractivity contribution is -0.256. The summed E-state index contributed by atoms with van der Waals surface area (Å²) in [5.74, 6) is -0.206. The summed E-state index contributed by atoms with van der Waals surface area (Å²) in [4.78, 5) is 51.1. The van der Waals surface area contributed by atoms with Crippen LogP contribution in [0.1, 0.15) is 114 Å². The summed E-state index contributed by atoms with van der Waals surface area (Å²) in [6.07, 6.45) is 7.75. The van der Waals surface area contributed by atoms with Crippen molar-refractivity contribution in [2.45, 2.75) is 126 Å². The lowest BCUT2D eigenvalue weighted by Gasteiger charge is -2.71. The summed E-state index contributed by atoms with van der Waals surface area (Å²) >= 11 is 0. The van der Waals surface area contributed by atoms with E-state index < -0.39 is 40.9 Å². The molecule has 9 nitrogen and oxygen atoms in total. The van der Waals surface area contributed by atoms with Crippen LogP contribution in [0.25, 0.3) is 0 Å². The molecule has 0 bridgehead atoms. The van der Waals surface area contributed by atoms with E-state index in [1.807, 2.05) is 6.92 Å². The molecule has 0 aromatic rings. The van der Waals surface area contributed by atoms with Crippen LogP contribution in [0, 0.1) is 56.7 Å². The Balaban J connectivity index is 1.61. The summed E-state index contributed by atoms with van der Waals surface area (Å²) in [5, 5.41) is 0. The summed E-state index contributed by atoms with van der Waals surface area (Å²) in [6, 6.07) is 0. The van der Waals surface area contributed by atoms with E-state index in [0.29, 0.717) is 18.3 Å². The quantitative estimate of drug-likeness (QED) is 0.126. The van der Waals surface area contributed by atoms with Gasteiger partial charge in [0, 0.05) is 33.3 Å². The Morgan fingerprint density at radius 3 is 2.13 bits per heavy atom. The largest absolute Gasteiger partial charge is 0.465 e. The van der Waals surface area contributed by atoms with Crippen molar-refractivity contribution in [3.8, 4) is 0 Å². The van der Waals surface area contributed by atoms with E-state index in [0.717, 1.165) is 44.9 Å². The fourth-order valence-corrected chi connectivity index (χ4v) is 12.1. The number of carbonyl (C=O) groups is 4. The molecule has 0 saturated heterocycles. The maximum atomic E-state index is 13.9. The van der Waals surface area contributed by atoms with E-state index in [2.05, 4.69) is 40.7 Å². The van der Waals surface area contributed by atoms with Crippen molar-refractivity contribution in [1.29, 1.82) is 0 Å². The molecule has 4 saturated carbocycles. The number of fused-ring (bicyclic) bond motifs is 7. The highest BCUT2D eigenvalue weighted by molar-refractivity contribution is 5.79. The van der Waals surface area contributed by atoms with Gasteiger partial charge in [-0.2, -0.15) is 0 Å². The maximum absolute atomic E-state index is 13.9. The van der Waals surface area contributed by atoms with Crippen LogP contribution in [0.15, 0.2) is 11.6 Å². The first kappa shape index (κ1) is 35.9. The molecule has 264 valence electrons. The van der Waals surface area contributed by atoms with Gasteiger partial charge in [-0.3, -0.25) is 19.2 Å². The second-order valence-electron chi connectivity index (χ2n) is 16.8. The molecular formula is C38H58O9. The van der Waals surface area contributed by atoms with Gasteiger partial charge < -0.3 is 23.7 Å². The molecule has 0 aliphatic heterocycles. The summed E-state index contributed by atoms with van der Waals surface area (Å²) in [5.41, 5.74) is -0.474.